The van der Waals surface area contributed by atoms with Crippen molar-refractivity contribution in [2.45, 2.75) is 70.7 Å². The molecule has 1 aliphatic carbocycles. The molecule has 96 valence electrons. The molecule has 0 saturated heterocycles. The minimum Gasteiger partial charge on any atom is -0.417 e. The summed E-state index contributed by atoms with van der Waals surface area (Å²) in [5, 5.41) is 9.76. The third-order valence-electron chi connectivity index (χ3n) is 4.30. The lowest BCUT2D eigenvalue weighted by atomic mass is 9.88. The Morgan fingerprint density at radius 1 is 1.12 bits per heavy atom. The number of hydrogen-bond acceptors (Lipinski definition) is 2. The maximum atomic E-state index is 9.45. The Balaban J connectivity index is 2.34. The third kappa shape index (κ3) is 3.86. The largest absolute Gasteiger partial charge is 0.417 e. The van der Waals surface area contributed by atoms with Crippen molar-refractivity contribution < 1.29 is 9.53 Å². The predicted molar refractivity (Wildman–Crippen MR) is 71.1 cm³/mol. The summed E-state index contributed by atoms with van der Waals surface area (Å²) >= 11 is 0. The van der Waals surface area contributed by atoms with E-state index in [4.69, 9.17) is 4.43 Å². The van der Waals surface area contributed by atoms with Crippen molar-refractivity contribution in [2.75, 3.05) is 6.61 Å². The Bertz CT molecular complexity index is 212. The Hall–Kier alpha value is 0.137. The average molecular weight is 244 g/mol. The van der Waals surface area contributed by atoms with E-state index in [1.807, 2.05) is 0 Å². The zero-order chi connectivity index (χ0) is 12.4. The van der Waals surface area contributed by atoms with E-state index in [-0.39, 0.29) is 6.10 Å². The zero-order valence-electron chi connectivity index (χ0n) is 11.5. The molecule has 0 amide bonds. The van der Waals surface area contributed by atoms with E-state index < -0.39 is 8.32 Å². The molecule has 0 heterocycles. The van der Waals surface area contributed by atoms with Gasteiger partial charge in [-0.3, -0.25) is 0 Å². The maximum absolute atomic E-state index is 9.45. The molecule has 0 radical (unpaired) electrons. The van der Waals surface area contributed by atoms with Gasteiger partial charge >= 0.3 is 0 Å². The van der Waals surface area contributed by atoms with Crippen LogP contribution in [0, 0.1) is 5.92 Å². The van der Waals surface area contributed by atoms with Crippen LogP contribution in [0.3, 0.4) is 0 Å². The van der Waals surface area contributed by atoms with Crippen LogP contribution in [-0.4, -0.2) is 26.1 Å². The van der Waals surface area contributed by atoms with Gasteiger partial charge in [0.05, 0.1) is 6.10 Å². The van der Waals surface area contributed by atoms with E-state index in [0.29, 0.717) is 11.0 Å². The first-order valence-electron chi connectivity index (χ1n) is 6.54. The van der Waals surface area contributed by atoms with Gasteiger partial charge in [-0.15, -0.1) is 0 Å². The van der Waals surface area contributed by atoms with E-state index in [9.17, 15) is 5.11 Å². The van der Waals surface area contributed by atoms with E-state index in [0.717, 1.165) is 32.3 Å². The molecule has 0 aromatic carbocycles. The lowest BCUT2D eigenvalue weighted by molar-refractivity contribution is 0.0890. The summed E-state index contributed by atoms with van der Waals surface area (Å²) in [5.41, 5.74) is 0. The van der Waals surface area contributed by atoms with Crippen LogP contribution in [0.1, 0.15) is 46.5 Å². The van der Waals surface area contributed by atoms with Gasteiger partial charge in [0, 0.05) is 6.61 Å². The number of aliphatic hydroxyl groups excluding tert-OH is 1. The summed E-state index contributed by atoms with van der Waals surface area (Å²) in [6.07, 6.45) is 4.15. The number of hydrogen-bond donors (Lipinski definition) is 1. The molecule has 1 fully saturated rings. The van der Waals surface area contributed by atoms with Crippen LogP contribution in [0.15, 0.2) is 0 Å². The molecule has 0 aromatic heterocycles. The minimum atomic E-state index is -1.57. The Morgan fingerprint density at radius 2 is 1.62 bits per heavy atom. The zero-order valence-corrected chi connectivity index (χ0v) is 12.5. The predicted octanol–water partition coefficient (Wildman–Crippen LogP) is 3.56. The monoisotopic (exact) mass is 244 g/mol. The molecule has 3 heteroatoms. The summed E-state index contributed by atoms with van der Waals surface area (Å²) < 4.78 is 6.23. The van der Waals surface area contributed by atoms with Crippen molar-refractivity contribution in [1.29, 1.82) is 0 Å². The first kappa shape index (κ1) is 14.2. The first-order chi connectivity index (χ1) is 7.22. The fourth-order valence-corrected chi connectivity index (χ4v) is 2.94. The lowest BCUT2D eigenvalue weighted by Crippen LogP contribution is -2.42. The summed E-state index contributed by atoms with van der Waals surface area (Å²) in [5.74, 6) is 0.678. The van der Waals surface area contributed by atoms with Crippen LogP contribution in [0.5, 0.6) is 0 Å². The molecule has 1 rings (SSSR count). The molecule has 0 bridgehead atoms. The highest BCUT2D eigenvalue weighted by Crippen LogP contribution is 2.37. The second-order valence-electron chi connectivity index (χ2n) is 6.75. The Labute approximate surface area is 102 Å². The highest BCUT2D eigenvalue weighted by Gasteiger charge is 2.37. The average Bonchev–Trinajstić information content (AvgIpc) is 2.15. The van der Waals surface area contributed by atoms with Crippen molar-refractivity contribution in [1.82, 2.24) is 0 Å². The molecule has 1 saturated carbocycles. The standard InChI is InChI=1S/C13H28O2Si/c1-13(2,3)16(4,5)15-10-11-6-8-12(14)9-7-11/h11-12,14H,6-10H2,1-5H3/t11-,12+. The van der Waals surface area contributed by atoms with Gasteiger partial charge in [-0.2, -0.15) is 0 Å². The maximum Gasteiger partial charge on any atom is 0.191 e. The van der Waals surface area contributed by atoms with Gasteiger partial charge in [0.1, 0.15) is 0 Å². The van der Waals surface area contributed by atoms with Gasteiger partial charge in [-0.1, -0.05) is 20.8 Å². The minimum absolute atomic E-state index is 0.0517. The van der Waals surface area contributed by atoms with Crippen LogP contribution in [0.4, 0.5) is 0 Å². The fourth-order valence-electron chi connectivity index (χ4n) is 1.85. The van der Waals surface area contributed by atoms with Crippen molar-refractivity contribution in [2.24, 2.45) is 5.92 Å². The van der Waals surface area contributed by atoms with E-state index >= 15 is 0 Å². The van der Waals surface area contributed by atoms with Crippen LogP contribution in [-0.2, 0) is 4.43 Å². The normalized spacial score (nSPS) is 28.1. The molecule has 0 atom stereocenters. The van der Waals surface area contributed by atoms with Gasteiger partial charge in [-0.25, -0.2) is 0 Å². The summed E-state index contributed by atoms with van der Waals surface area (Å²) in [7, 11) is -1.57. The molecule has 1 aliphatic rings. The van der Waals surface area contributed by atoms with E-state index in [2.05, 4.69) is 33.9 Å². The SMILES string of the molecule is CC(C)(C)[Si](C)(C)OC[C@H]1CC[C@@H](O)CC1. The molecule has 0 aromatic rings. The summed E-state index contributed by atoms with van der Waals surface area (Å²) in [6, 6.07) is 0. The van der Waals surface area contributed by atoms with E-state index in [1.54, 1.807) is 0 Å². The second kappa shape index (κ2) is 5.19. The van der Waals surface area contributed by atoms with Gasteiger partial charge in [-0.05, 0) is 49.7 Å². The molecule has 2 nitrogen and oxygen atoms in total. The lowest BCUT2D eigenvalue weighted by Gasteiger charge is -2.38. The third-order valence-corrected chi connectivity index (χ3v) is 8.80. The molecular formula is C13H28O2Si. The highest BCUT2D eigenvalue weighted by molar-refractivity contribution is 6.74. The molecule has 0 spiro atoms. The number of rotatable bonds is 3. The second-order valence-corrected chi connectivity index (χ2v) is 11.6. The van der Waals surface area contributed by atoms with Crippen molar-refractivity contribution in [3.05, 3.63) is 0 Å². The smallest absolute Gasteiger partial charge is 0.191 e. The van der Waals surface area contributed by atoms with Crippen LogP contribution in [0.25, 0.3) is 0 Å². The molecule has 1 N–H and O–H groups in total. The first-order valence-corrected chi connectivity index (χ1v) is 9.45. The molecule has 0 aliphatic heterocycles. The molecule has 16 heavy (non-hydrogen) atoms. The van der Waals surface area contributed by atoms with Crippen molar-refractivity contribution in [3.8, 4) is 0 Å². The van der Waals surface area contributed by atoms with Crippen molar-refractivity contribution in [3.63, 3.8) is 0 Å². The quantitative estimate of drug-likeness (QED) is 0.769. The van der Waals surface area contributed by atoms with Gasteiger partial charge in [0.2, 0.25) is 0 Å². The number of aliphatic hydroxyl groups is 1. The van der Waals surface area contributed by atoms with Gasteiger partial charge < -0.3 is 9.53 Å². The van der Waals surface area contributed by atoms with Gasteiger partial charge in [0.15, 0.2) is 8.32 Å². The van der Waals surface area contributed by atoms with E-state index in [1.165, 1.54) is 0 Å². The summed E-state index contributed by atoms with van der Waals surface area (Å²) in [4.78, 5) is 0. The van der Waals surface area contributed by atoms with Gasteiger partial charge in [0.25, 0.3) is 0 Å². The highest BCUT2D eigenvalue weighted by atomic mass is 28.4. The fraction of sp³-hybridized carbons (Fsp3) is 1.00. The topological polar surface area (TPSA) is 29.5 Å². The van der Waals surface area contributed by atoms with Crippen LogP contribution >= 0.6 is 0 Å². The summed E-state index contributed by atoms with van der Waals surface area (Å²) in [6.45, 7) is 12.4. The molecule has 0 unspecified atom stereocenters. The molecular weight excluding hydrogens is 216 g/mol. The van der Waals surface area contributed by atoms with Crippen LogP contribution < -0.4 is 0 Å². The Morgan fingerprint density at radius 3 is 2.06 bits per heavy atom. The van der Waals surface area contributed by atoms with Crippen LogP contribution in [0.2, 0.25) is 18.1 Å². The Kier molecular flexibility index (Phi) is 4.61. The van der Waals surface area contributed by atoms with Crippen molar-refractivity contribution >= 4 is 8.32 Å².